The summed E-state index contributed by atoms with van der Waals surface area (Å²) in [5, 5.41) is 0. The molecule has 0 heterocycles. The largest absolute Gasteiger partial charge is 0.432 e. The Balaban J connectivity index is 1.52. The molecule has 0 amide bonds. The molecular formula is C28H27F5O2. The Morgan fingerprint density at radius 2 is 1.57 bits per heavy atom. The number of benzene rings is 3. The number of hydrogen-bond donors (Lipinski definition) is 0. The van der Waals surface area contributed by atoms with E-state index >= 15 is 8.78 Å². The lowest BCUT2D eigenvalue weighted by molar-refractivity contribution is -0.185. The fraction of sp³-hybridized carbons (Fsp3) is 0.357. The summed E-state index contributed by atoms with van der Waals surface area (Å²) >= 11 is 0. The Labute approximate surface area is 201 Å². The van der Waals surface area contributed by atoms with E-state index in [4.69, 9.17) is 4.74 Å². The van der Waals surface area contributed by atoms with E-state index < -0.39 is 24.3 Å². The first-order valence-corrected chi connectivity index (χ1v) is 11.8. The van der Waals surface area contributed by atoms with Crippen LogP contribution in [0.3, 0.4) is 0 Å². The normalized spacial score (nSPS) is 18.5. The number of rotatable bonds is 8. The van der Waals surface area contributed by atoms with Crippen LogP contribution in [0.15, 0.2) is 66.7 Å². The number of ether oxygens (including phenoxy) is 2. The van der Waals surface area contributed by atoms with Crippen LogP contribution in [0.2, 0.25) is 0 Å². The first-order chi connectivity index (χ1) is 16.8. The molecule has 1 fully saturated rings. The highest BCUT2D eigenvalue weighted by molar-refractivity contribution is 5.71. The number of hydrogen-bond acceptors (Lipinski definition) is 2. The summed E-state index contributed by atoms with van der Waals surface area (Å²) in [4.78, 5) is 0. The molecule has 0 unspecified atom stereocenters. The first kappa shape index (κ1) is 25.0. The van der Waals surface area contributed by atoms with Crippen molar-refractivity contribution in [2.75, 3.05) is 0 Å². The molecule has 2 nitrogen and oxygen atoms in total. The van der Waals surface area contributed by atoms with E-state index in [1.807, 2.05) is 0 Å². The molecule has 3 aromatic carbocycles. The van der Waals surface area contributed by atoms with Gasteiger partial charge in [-0.15, -0.1) is 0 Å². The summed E-state index contributed by atoms with van der Waals surface area (Å²) in [5.41, 5.74) is 1.15. The highest BCUT2D eigenvalue weighted by atomic mass is 19.3. The average molecular weight is 491 g/mol. The van der Waals surface area contributed by atoms with Gasteiger partial charge in [-0.1, -0.05) is 49.7 Å². The Morgan fingerprint density at radius 3 is 2.20 bits per heavy atom. The van der Waals surface area contributed by atoms with E-state index in [2.05, 4.69) is 11.7 Å². The SMILES string of the molecule is CC[C@H]1CC[C@H](c2ccc(C(F)(F)Oc3ccccc3-c3ccc(OC(F)F)c(F)c3)cc2)CC1. The number of para-hydroxylation sites is 1. The van der Waals surface area contributed by atoms with Crippen molar-refractivity contribution in [3.8, 4) is 22.6 Å². The molecule has 3 aromatic rings. The van der Waals surface area contributed by atoms with Crippen LogP contribution in [0.5, 0.6) is 11.5 Å². The standard InChI is InChI=1S/C28H27F5O2/c1-2-18-7-9-19(10-8-18)20-11-14-22(15-12-20)28(32,33)35-25-6-4-3-5-23(25)21-13-16-26(24(29)17-21)34-27(30)31/h3-6,11-19,27H,2,7-10H2,1H3/t18-,19-. The van der Waals surface area contributed by atoms with Crippen LogP contribution in [-0.2, 0) is 6.11 Å². The van der Waals surface area contributed by atoms with Crippen LogP contribution < -0.4 is 9.47 Å². The molecule has 0 radical (unpaired) electrons. The van der Waals surface area contributed by atoms with Crippen LogP contribution in [0.25, 0.3) is 11.1 Å². The molecule has 1 saturated carbocycles. The van der Waals surface area contributed by atoms with Gasteiger partial charge in [-0.2, -0.15) is 17.6 Å². The molecule has 1 aliphatic carbocycles. The maximum atomic E-state index is 15.1. The highest BCUT2D eigenvalue weighted by Crippen LogP contribution is 2.40. The zero-order valence-corrected chi connectivity index (χ0v) is 19.3. The van der Waals surface area contributed by atoms with E-state index in [-0.39, 0.29) is 22.4 Å². The Hall–Kier alpha value is -3.09. The van der Waals surface area contributed by atoms with Crippen molar-refractivity contribution in [3.05, 3.63) is 83.7 Å². The van der Waals surface area contributed by atoms with Crippen LogP contribution in [0.4, 0.5) is 22.0 Å². The summed E-state index contributed by atoms with van der Waals surface area (Å²) in [6.45, 7) is -0.977. The van der Waals surface area contributed by atoms with Crippen molar-refractivity contribution < 1.29 is 31.4 Å². The second-order valence-electron chi connectivity index (χ2n) is 8.89. The fourth-order valence-corrected chi connectivity index (χ4v) is 4.70. The third-order valence-electron chi connectivity index (χ3n) is 6.73. The summed E-state index contributed by atoms with van der Waals surface area (Å²) in [6, 6.07) is 15.5. The lowest BCUT2D eigenvalue weighted by atomic mass is 9.78. The Kier molecular flexibility index (Phi) is 7.63. The zero-order chi connectivity index (χ0) is 25.0. The predicted octanol–water partition coefficient (Wildman–Crippen LogP) is 8.91. The van der Waals surface area contributed by atoms with Gasteiger partial charge in [0.2, 0.25) is 0 Å². The topological polar surface area (TPSA) is 18.5 Å². The maximum Gasteiger partial charge on any atom is 0.426 e. The summed E-state index contributed by atoms with van der Waals surface area (Å²) in [5.74, 6) is -0.691. The molecule has 0 atom stereocenters. The summed E-state index contributed by atoms with van der Waals surface area (Å²) in [7, 11) is 0. The van der Waals surface area contributed by atoms with Crippen molar-refractivity contribution in [3.63, 3.8) is 0 Å². The molecule has 0 aliphatic heterocycles. The molecule has 186 valence electrons. The number of halogens is 5. The zero-order valence-electron chi connectivity index (χ0n) is 19.3. The van der Waals surface area contributed by atoms with Gasteiger partial charge in [-0.3, -0.25) is 0 Å². The molecular weight excluding hydrogens is 463 g/mol. The lowest BCUT2D eigenvalue weighted by Crippen LogP contribution is -2.22. The van der Waals surface area contributed by atoms with Crippen LogP contribution in [-0.4, -0.2) is 6.61 Å². The third-order valence-corrected chi connectivity index (χ3v) is 6.73. The first-order valence-electron chi connectivity index (χ1n) is 11.8. The molecule has 35 heavy (non-hydrogen) atoms. The molecule has 0 N–H and O–H groups in total. The van der Waals surface area contributed by atoms with Gasteiger partial charge >= 0.3 is 12.7 Å². The molecule has 4 rings (SSSR count). The second kappa shape index (κ2) is 10.7. The van der Waals surface area contributed by atoms with Gasteiger partial charge in [0.05, 0.1) is 5.56 Å². The molecule has 0 bridgehead atoms. The highest BCUT2D eigenvalue weighted by Gasteiger charge is 2.35. The fourth-order valence-electron chi connectivity index (χ4n) is 4.70. The monoisotopic (exact) mass is 490 g/mol. The predicted molar refractivity (Wildman–Crippen MR) is 124 cm³/mol. The maximum absolute atomic E-state index is 15.1. The molecule has 0 spiro atoms. The minimum atomic E-state index is -3.63. The van der Waals surface area contributed by atoms with Gasteiger partial charge in [0.1, 0.15) is 5.75 Å². The van der Waals surface area contributed by atoms with Gasteiger partial charge in [-0.25, -0.2) is 4.39 Å². The summed E-state index contributed by atoms with van der Waals surface area (Å²) in [6.07, 6.45) is 2.00. The van der Waals surface area contributed by atoms with Crippen molar-refractivity contribution >= 4 is 0 Å². The Bertz CT molecular complexity index is 1120. The van der Waals surface area contributed by atoms with E-state index in [0.29, 0.717) is 5.92 Å². The van der Waals surface area contributed by atoms with Crippen molar-refractivity contribution in [2.45, 2.75) is 57.7 Å². The van der Waals surface area contributed by atoms with Gasteiger partial charge < -0.3 is 9.47 Å². The lowest BCUT2D eigenvalue weighted by Gasteiger charge is -2.28. The van der Waals surface area contributed by atoms with Gasteiger partial charge in [0, 0.05) is 5.56 Å². The van der Waals surface area contributed by atoms with Gasteiger partial charge in [0.25, 0.3) is 0 Å². The van der Waals surface area contributed by atoms with Crippen molar-refractivity contribution in [1.82, 2.24) is 0 Å². The minimum Gasteiger partial charge on any atom is -0.432 e. The molecule has 0 saturated heterocycles. The third kappa shape index (κ3) is 5.95. The molecule has 1 aliphatic rings. The minimum absolute atomic E-state index is 0.165. The Morgan fingerprint density at radius 1 is 0.886 bits per heavy atom. The molecule has 0 aromatic heterocycles. The van der Waals surface area contributed by atoms with Gasteiger partial charge in [0.15, 0.2) is 11.6 Å². The average Bonchev–Trinajstić information content (AvgIpc) is 2.85. The number of alkyl halides is 4. The second-order valence-corrected chi connectivity index (χ2v) is 8.89. The van der Waals surface area contributed by atoms with Crippen LogP contribution >= 0.6 is 0 Å². The van der Waals surface area contributed by atoms with Crippen molar-refractivity contribution in [1.29, 1.82) is 0 Å². The van der Waals surface area contributed by atoms with Crippen LogP contribution in [0, 0.1) is 11.7 Å². The van der Waals surface area contributed by atoms with Crippen molar-refractivity contribution in [2.24, 2.45) is 5.92 Å². The smallest absolute Gasteiger partial charge is 0.426 e. The summed E-state index contributed by atoms with van der Waals surface area (Å²) < 4.78 is 78.4. The van der Waals surface area contributed by atoms with E-state index in [1.165, 1.54) is 42.8 Å². The van der Waals surface area contributed by atoms with Gasteiger partial charge in [-0.05, 0) is 79.0 Å². The van der Waals surface area contributed by atoms with E-state index in [0.717, 1.165) is 49.3 Å². The van der Waals surface area contributed by atoms with E-state index in [9.17, 15) is 13.2 Å². The van der Waals surface area contributed by atoms with Crippen LogP contribution in [0.1, 0.15) is 56.1 Å². The molecule has 7 heteroatoms. The van der Waals surface area contributed by atoms with E-state index in [1.54, 1.807) is 18.2 Å². The quantitative estimate of drug-likeness (QED) is 0.294.